The predicted octanol–water partition coefficient (Wildman–Crippen LogP) is 3.16. The Morgan fingerprint density at radius 2 is 1.96 bits per heavy atom. The van der Waals surface area contributed by atoms with Crippen LogP contribution < -0.4 is 5.32 Å². The molecule has 0 spiro atoms. The summed E-state index contributed by atoms with van der Waals surface area (Å²) in [5.41, 5.74) is 3.18. The van der Waals surface area contributed by atoms with Crippen molar-refractivity contribution >= 4 is 28.9 Å². The number of aromatic nitrogens is 2. The number of nitrogens with zero attached hydrogens (tertiary/aromatic N) is 2. The Hall–Kier alpha value is -3.15. The predicted molar refractivity (Wildman–Crippen MR) is 95.5 cm³/mol. The van der Waals surface area contributed by atoms with Crippen LogP contribution in [-0.2, 0) is 16.1 Å². The van der Waals surface area contributed by atoms with Crippen molar-refractivity contribution in [2.45, 2.75) is 19.9 Å². The summed E-state index contributed by atoms with van der Waals surface area (Å²) in [6, 6.07) is 14.9. The molecule has 25 heavy (non-hydrogen) atoms. The van der Waals surface area contributed by atoms with Crippen LogP contribution in [0.1, 0.15) is 22.3 Å². The molecule has 0 saturated heterocycles. The molecule has 0 atom stereocenters. The van der Waals surface area contributed by atoms with Gasteiger partial charge in [0.1, 0.15) is 0 Å². The molecule has 3 rings (SSSR count). The third-order valence-corrected chi connectivity index (χ3v) is 3.93. The lowest BCUT2D eigenvalue weighted by Gasteiger charge is -2.10. The molecule has 0 aliphatic carbocycles. The molecule has 0 fully saturated rings. The van der Waals surface area contributed by atoms with E-state index in [0.717, 1.165) is 16.6 Å². The van der Waals surface area contributed by atoms with Gasteiger partial charge >= 0.3 is 5.97 Å². The molecule has 1 N–H and O–H groups in total. The van der Waals surface area contributed by atoms with Crippen molar-refractivity contribution in [1.29, 1.82) is 0 Å². The fourth-order valence-electron chi connectivity index (χ4n) is 2.66. The molecule has 6 nitrogen and oxygen atoms in total. The molecule has 1 aromatic heterocycles. The van der Waals surface area contributed by atoms with Crippen LogP contribution in [0, 0.1) is 6.92 Å². The lowest BCUT2D eigenvalue weighted by molar-refractivity contribution is -0.140. The number of ether oxygens (including phenoxy) is 1. The summed E-state index contributed by atoms with van der Waals surface area (Å²) in [6.45, 7) is 2.30. The van der Waals surface area contributed by atoms with Gasteiger partial charge in [0.05, 0.1) is 24.6 Å². The molecule has 128 valence electrons. The number of aryl methyl sites for hydroxylation is 2. The maximum atomic E-state index is 12.5. The van der Waals surface area contributed by atoms with E-state index in [0.29, 0.717) is 18.1 Å². The Morgan fingerprint density at radius 1 is 1.16 bits per heavy atom. The topological polar surface area (TPSA) is 73.2 Å². The van der Waals surface area contributed by atoms with Crippen LogP contribution in [0.25, 0.3) is 11.0 Å². The van der Waals surface area contributed by atoms with Crippen molar-refractivity contribution in [3.63, 3.8) is 0 Å². The summed E-state index contributed by atoms with van der Waals surface area (Å²) in [7, 11) is 1.36. The van der Waals surface area contributed by atoms with E-state index >= 15 is 0 Å². The van der Waals surface area contributed by atoms with Crippen molar-refractivity contribution in [3.05, 3.63) is 59.7 Å². The fraction of sp³-hybridized carbons (Fsp3) is 0.211. The quantitative estimate of drug-likeness (QED) is 0.726. The van der Waals surface area contributed by atoms with Gasteiger partial charge in [-0.15, -0.1) is 0 Å². The highest BCUT2D eigenvalue weighted by molar-refractivity contribution is 6.04. The second kappa shape index (κ2) is 7.17. The fourth-order valence-corrected chi connectivity index (χ4v) is 2.66. The number of nitrogens with one attached hydrogen (secondary N) is 1. The zero-order valence-corrected chi connectivity index (χ0v) is 14.2. The summed E-state index contributed by atoms with van der Waals surface area (Å²) in [4.78, 5) is 28.5. The van der Waals surface area contributed by atoms with Gasteiger partial charge in [-0.1, -0.05) is 29.8 Å². The van der Waals surface area contributed by atoms with Crippen LogP contribution in [0.2, 0.25) is 0 Å². The van der Waals surface area contributed by atoms with E-state index in [1.165, 1.54) is 7.11 Å². The van der Waals surface area contributed by atoms with Crippen molar-refractivity contribution in [2.24, 2.45) is 0 Å². The highest BCUT2D eigenvalue weighted by Crippen LogP contribution is 2.21. The minimum absolute atomic E-state index is 0.199. The molecule has 0 saturated carbocycles. The Kier molecular flexibility index (Phi) is 4.79. The number of benzene rings is 2. The van der Waals surface area contributed by atoms with Gasteiger partial charge in [0.15, 0.2) is 0 Å². The zero-order valence-electron chi connectivity index (χ0n) is 14.2. The van der Waals surface area contributed by atoms with Crippen molar-refractivity contribution in [1.82, 2.24) is 9.55 Å². The average molecular weight is 337 g/mol. The van der Waals surface area contributed by atoms with Gasteiger partial charge < -0.3 is 9.30 Å². The number of hydrogen-bond acceptors (Lipinski definition) is 4. The molecule has 2 aromatic carbocycles. The van der Waals surface area contributed by atoms with E-state index < -0.39 is 0 Å². The molecule has 1 heterocycles. The number of fused-ring (bicyclic) bond motifs is 1. The first kappa shape index (κ1) is 16.7. The van der Waals surface area contributed by atoms with Crippen LogP contribution in [0.15, 0.2) is 48.5 Å². The van der Waals surface area contributed by atoms with Gasteiger partial charge in [-0.25, -0.2) is 4.98 Å². The van der Waals surface area contributed by atoms with Gasteiger partial charge in [-0.2, -0.15) is 0 Å². The van der Waals surface area contributed by atoms with Gasteiger partial charge in [-0.3, -0.25) is 14.9 Å². The number of esters is 1. The maximum absolute atomic E-state index is 12.5. The number of para-hydroxylation sites is 2. The minimum atomic E-state index is -0.311. The molecule has 3 aromatic rings. The first-order valence-corrected chi connectivity index (χ1v) is 7.98. The van der Waals surface area contributed by atoms with E-state index in [4.69, 9.17) is 4.74 Å². The summed E-state index contributed by atoms with van der Waals surface area (Å²) in [5.74, 6) is -0.135. The Bertz CT molecular complexity index is 931. The van der Waals surface area contributed by atoms with Gasteiger partial charge in [0.25, 0.3) is 5.91 Å². The number of amides is 1. The number of carbonyl (C=O) groups excluding carboxylic acids is 2. The third kappa shape index (κ3) is 3.68. The van der Waals surface area contributed by atoms with Gasteiger partial charge in [0.2, 0.25) is 5.95 Å². The maximum Gasteiger partial charge on any atom is 0.307 e. The second-order valence-electron chi connectivity index (χ2n) is 5.73. The lowest BCUT2D eigenvalue weighted by Crippen LogP contribution is -2.17. The molecular formula is C19H19N3O3. The summed E-state index contributed by atoms with van der Waals surface area (Å²) >= 11 is 0. The monoisotopic (exact) mass is 337 g/mol. The van der Waals surface area contributed by atoms with Gasteiger partial charge in [0, 0.05) is 12.1 Å². The van der Waals surface area contributed by atoms with Crippen LogP contribution >= 0.6 is 0 Å². The molecule has 0 aliphatic rings. The Labute approximate surface area is 145 Å². The Balaban J connectivity index is 1.91. The Morgan fingerprint density at radius 3 is 2.72 bits per heavy atom. The number of anilines is 1. The standard InChI is InChI=1S/C19H19N3O3/c1-13-6-5-7-14(12-13)18(24)21-19-20-15-8-3-4-9-16(15)22(19)11-10-17(23)25-2/h3-9,12H,10-11H2,1-2H3,(H,20,21,24). The number of methoxy groups -OCH3 is 1. The minimum Gasteiger partial charge on any atom is -0.469 e. The summed E-state index contributed by atoms with van der Waals surface area (Å²) in [5, 5.41) is 2.85. The third-order valence-electron chi connectivity index (χ3n) is 3.93. The second-order valence-corrected chi connectivity index (χ2v) is 5.73. The number of carbonyl (C=O) groups is 2. The molecule has 0 unspecified atom stereocenters. The normalized spacial score (nSPS) is 10.6. The SMILES string of the molecule is COC(=O)CCn1c(NC(=O)c2cccc(C)c2)nc2ccccc21. The summed E-state index contributed by atoms with van der Waals surface area (Å²) < 4.78 is 6.52. The molecule has 1 amide bonds. The smallest absolute Gasteiger partial charge is 0.307 e. The van der Waals surface area contributed by atoms with Gasteiger partial charge in [-0.05, 0) is 31.2 Å². The van der Waals surface area contributed by atoms with Crippen LogP contribution in [0.5, 0.6) is 0 Å². The van der Waals surface area contributed by atoms with Crippen molar-refractivity contribution in [2.75, 3.05) is 12.4 Å². The van der Waals surface area contributed by atoms with E-state index in [1.54, 1.807) is 6.07 Å². The first-order chi connectivity index (χ1) is 12.1. The highest BCUT2D eigenvalue weighted by atomic mass is 16.5. The molecule has 0 bridgehead atoms. The summed E-state index contributed by atoms with van der Waals surface area (Å²) in [6.07, 6.45) is 0.199. The van der Waals surface area contributed by atoms with Crippen molar-refractivity contribution < 1.29 is 14.3 Å². The van der Waals surface area contributed by atoms with E-state index in [-0.39, 0.29) is 18.3 Å². The first-order valence-electron chi connectivity index (χ1n) is 7.98. The van der Waals surface area contributed by atoms with Crippen LogP contribution in [0.3, 0.4) is 0 Å². The van der Waals surface area contributed by atoms with Crippen LogP contribution in [-0.4, -0.2) is 28.5 Å². The number of hydrogen-bond donors (Lipinski definition) is 1. The molecule has 0 aliphatic heterocycles. The average Bonchev–Trinajstić information content (AvgIpc) is 2.96. The highest BCUT2D eigenvalue weighted by Gasteiger charge is 2.15. The van der Waals surface area contributed by atoms with E-state index in [2.05, 4.69) is 10.3 Å². The van der Waals surface area contributed by atoms with Crippen LogP contribution in [0.4, 0.5) is 5.95 Å². The van der Waals surface area contributed by atoms with E-state index in [9.17, 15) is 9.59 Å². The number of rotatable bonds is 5. The zero-order chi connectivity index (χ0) is 17.8. The molecule has 6 heteroatoms. The molecule has 0 radical (unpaired) electrons. The van der Waals surface area contributed by atoms with Crippen molar-refractivity contribution in [3.8, 4) is 0 Å². The van der Waals surface area contributed by atoms with E-state index in [1.807, 2.05) is 54.0 Å². The number of imidazole rings is 1. The lowest BCUT2D eigenvalue weighted by atomic mass is 10.1. The largest absolute Gasteiger partial charge is 0.469 e. The molecular weight excluding hydrogens is 318 g/mol.